The van der Waals surface area contributed by atoms with E-state index >= 15 is 0 Å². The number of hydrogen-bond donors (Lipinski definition) is 0. The number of carbonyl (C=O) groups excluding carboxylic acids is 1. The van der Waals surface area contributed by atoms with Crippen molar-refractivity contribution in [3.63, 3.8) is 0 Å². The summed E-state index contributed by atoms with van der Waals surface area (Å²) in [7, 11) is 0. The van der Waals surface area contributed by atoms with E-state index in [1.54, 1.807) is 30.3 Å². The maximum Gasteiger partial charge on any atom is 0.573 e. The molecule has 30 heavy (non-hydrogen) atoms. The molecule has 2 aliphatic rings. The van der Waals surface area contributed by atoms with Crippen LogP contribution in [0.5, 0.6) is 17.2 Å². The Labute approximate surface area is 172 Å². The van der Waals surface area contributed by atoms with E-state index in [4.69, 9.17) is 9.47 Å². The second-order valence-electron chi connectivity index (χ2n) is 8.01. The summed E-state index contributed by atoms with van der Waals surface area (Å²) < 4.78 is 54.5. The lowest BCUT2D eigenvalue weighted by Gasteiger charge is -2.38. The zero-order valence-electron chi connectivity index (χ0n) is 16.6. The molecule has 0 heterocycles. The molecular weight excluding hydrogens is 397 g/mol. The number of benzene rings is 2. The molecule has 0 saturated heterocycles. The Kier molecular flexibility index (Phi) is 5.38. The molecule has 0 aromatic heterocycles. The molecule has 0 aliphatic heterocycles. The summed E-state index contributed by atoms with van der Waals surface area (Å²) in [6, 6.07) is 12.1. The topological polar surface area (TPSA) is 44.8 Å². The number of alkyl halides is 3. The molecular formula is C23H23F3O4. The van der Waals surface area contributed by atoms with Gasteiger partial charge in [-0.15, -0.1) is 13.2 Å². The molecule has 2 bridgehead atoms. The fourth-order valence-electron chi connectivity index (χ4n) is 4.82. The van der Waals surface area contributed by atoms with Gasteiger partial charge in [-0.05, 0) is 74.3 Å². The molecule has 2 aromatic rings. The minimum absolute atomic E-state index is 0.0794. The summed E-state index contributed by atoms with van der Waals surface area (Å²) in [6.45, 7) is 1.98. The zero-order chi connectivity index (χ0) is 21.4. The van der Waals surface area contributed by atoms with Gasteiger partial charge in [-0.1, -0.05) is 25.1 Å². The Balaban J connectivity index is 1.63. The van der Waals surface area contributed by atoms with Gasteiger partial charge in [0.05, 0.1) is 5.56 Å². The van der Waals surface area contributed by atoms with Crippen LogP contribution in [0.25, 0.3) is 0 Å². The normalized spacial score (nSPS) is 25.2. The number of carbonyl (C=O) groups is 1. The average molecular weight is 420 g/mol. The fraction of sp³-hybridized carbons (Fsp3) is 0.435. The number of hydrogen-bond acceptors (Lipinski definition) is 4. The minimum atomic E-state index is -4.86. The average Bonchev–Trinajstić information content (AvgIpc) is 3.30. The van der Waals surface area contributed by atoms with E-state index in [2.05, 4.69) is 4.74 Å². The van der Waals surface area contributed by atoms with Gasteiger partial charge in [0.2, 0.25) is 0 Å². The van der Waals surface area contributed by atoms with E-state index in [-0.39, 0.29) is 11.3 Å². The van der Waals surface area contributed by atoms with E-state index in [1.807, 2.05) is 6.92 Å². The van der Waals surface area contributed by atoms with Crippen LogP contribution in [-0.2, 0) is 0 Å². The van der Waals surface area contributed by atoms with Crippen LogP contribution in [0.2, 0.25) is 0 Å². The molecule has 3 atom stereocenters. The van der Waals surface area contributed by atoms with E-state index in [9.17, 15) is 18.0 Å². The molecule has 0 N–H and O–H groups in total. The molecule has 2 aromatic carbocycles. The van der Waals surface area contributed by atoms with Crippen LogP contribution >= 0.6 is 0 Å². The molecule has 2 aliphatic carbocycles. The Morgan fingerprint density at radius 2 is 1.87 bits per heavy atom. The maximum atomic E-state index is 12.9. The molecule has 2 saturated carbocycles. The van der Waals surface area contributed by atoms with Crippen LogP contribution < -0.4 is 14.2 Å². The zero-order valence-corrected chi connectivity index (χ0v) is 16.6. The molecule has 0 amide bonds. The molecule has 4 nitrogen and oxygen atoms in total. The number of ether oxygens (including phenoxy) is 3. The largest absolute Gasteiger partial charge is 0.573 e. The van der Waals surface area contributed by atoms with Gasteiger partial charge in [0.25, 0.3) is 0 Å². The highest BCUT2D eigenvalue weighted by Gasteiger charge is 2.52. The number of rotatable bonds is 6. The van der Waals surface area contributed by atoms with Crippen molar-refractivity contribution in [1.29, 1.82) is 0 Å². The summed E-state index contributed by atoms with van der Waals surface area (Å²) >= 11 is 0. The lowest BCUT2D eigenvalue weighted by molar-refractivity contribution is -0.275. The highest BCUT2D eigenvalue weighted by Crippen LogP contribution is 2.54. The van der Waals surface area contributed by atoms with E-state index in [0.717, 1.165) is 31.7 Å². The summed E-state index contributed by atoms with van der Waals surface area (Å²) in [5, 5.41) is 0. The fourth-order valence-corrected chi connectivity index (χ4v) is 4.82. The van der Waals surface area contributed by atoms with E-state index in [0.29, 0.717) is 24.0 Å². The SMILES string of the molecule is CCC1(Oc2cc(C(=O)Oc3ccccc3)ccc2OC(F)(F)F)CC2CCC1C2. The van der Waals surface area contributed by atoms with Crippen molar-refractivity contribution >= 4 is 5.97 Å². The molecule has 7 heteroatoms. The van der Waals surface area contributed by atoms with Crippen LogP contribution in [0.3, 0.4) is 0 Å². The first kappa shape index (κ1) is 20.6. The van der Waals surface area contributed by atoms with Crippen LogP contribution in [-0.4, -0.2) is 17.9 Å². The molecule has 3 unspecified atom stereocenters. The van der Waals surface area contributed by atoms with Gasteiger partial charge in [-0.2, -0.15) is 0 Å². The first-order chi connectivity index (χ1) is 14.3. The lowest BCUT2D eigenvalue weighted by Crippen LogP contribution is -2.41. The van der Waals surface area contributed by atoms with Gasteiger partial charge >= 0.3 is 12.3 Å². The second kappa shape index (κ2) is 7.85. The van der Waals surface area contributed by atoms with Gasteiger partial charge in [0.15, 0.2) is 11.5 Å². The van der Waals surface area contributed by atoms with Crippen molar-refractivity contribution in [2.45, 2.75) is 51.0 Å². The minimum Gasteiger partial charge on any atom is -0.483 e. The Hall–Kier alpha value is -2.70. The summed E-state index contributed by atoms with van der Waals surface area (Å²) in [6.07, 6.45) is -0.220. The number of para-hydroxylation sites is 1. The van der Waals surface area contributed by atoms with E-state index < -0.39 is 23.7 Å². The number of esters is 1. The molecule has 160 valence electrons. The van der Waals surface area contributed by atoms with Crippen molar-refractivity contribution in [3.05, 3.63) is 54.1 Å². The standard InChI is InChI=1S/C23H23F3O4/c1-2-22(14-15-8-10-17(22)12-15)29-20-13-16(9-11-19(20)30-23(24,25)26)21(27)28-18-6-4-3-5-7-18/h3-7,9,11,13,15,17H,2,8,10,12,14H2,1H3. The third-order valence-electron chi connectivity index (χ3n) is 6.19. The highest BCUT2D eigenvalue weighted by atomic mass is 19.4. The van der Waals surface area contributed by atoms with Crippen molar-refractivity contribution in [3.8, 4) is 17.2 Å². The third kappa shape index (κ3) is 4.25. The number of fused-ring (bicyclic) bond motifs is 2. The monoisotopic (exact) mass is 420 g/mol. The van der Waals surface area contributed by atoms with Crippen LogP contribution in [0.4, 0.5) is 13.2 Å². The van der Waals surface area contributed by atoms with E-state index in [1.165, 1.54) is 12.1 Å². The van der Waals surface area contributed by atoms with Gasteiger partial charge in [0.1, 0.15) is 11.4 Å². The molecule has 0 radical (unpaired) electrons. The van der Waals surface area contributed by atoms with Crippen LogP contribution in [0.1, 0.15) is 49.4 Å². The Bertz CT molecular complexity index is 912. The quantitative estimate of drug-likeness (QED) is 0.415. The highest BCUT2D eigenvalue weighted by molar-refractivity contribution is 5.91. The molecule has 2 fully saturated rings. The molecule has 0 spiro atoms. The maximum absolute atomic E-state index is 12.9. The predicted molar refractivity (Wildman–Crippen MR) is 104 cm³/mol. The van der Waals surface area contributed by atoms with Crippen LogP contribution in [0.15, 0.2) is 48.5 Å². The summed E-state index contributed by atoms with van der Waals surface area (Å²) in [5.74, 6) is -0.0280. The van der Waals surface area contributed by atoms with Gasteiger partial charge in [-0.3, -0.25) is 0 Å². The van der Waals surface area contributed by atoms with Crippen LogP contribution in [0, 0.1) is 11.8 Å². The van der Waals surface area contributed by atoms with Crippen molar-refractivity contribution in [1.82, 2.24) is 0 Å². The summed E-state index contributed by atoms with van der Waals surface area (Å²) in [4.78, 5) is 12.5. The summed E-state index contributed by atoms with van der Waals surface area (Å²) in [5.41, 5.74) is -0.438. The smallest absolute Gasteiger partial charge is 0.483 e. The predicted octanol–water partition coefficient (Wildman–Crippen LogP) is 6.15. The number of halogens is 3. The van der Waals surface area contributed by atoms with Crippen molar-refractivity contribution in [2.24, 2.45) is 11.8 Å². The van der Waals surface area contributed by atoms with Crippen molar-refractivity contribution in [2.75, 3.05) is 0 Å². The Morgan fingerprint density at radius 3 is 2.47 bits per heavy atom. The van der Waals surface area contributed by atoms with Gasteiger partial charge in [0, 0.05) is 0 Å². The first-order valence-electron chi connectivity index (χ1n) is 10.1. The first-order valence-corrected chi connectivity index (χ1v) is 10.1. The van der Waals surface area contributed by atoms with Gasteiger partial charge in [-0.25, -0.2) is 4.79 Å². The Morgan fingerprint density at radius 1 is 1.10 bits per heavy atom. The third-order valence-corrected chi connectivity index (χ3v) is 6.19. The lowest BCUT2D eigenvalue weighted by atomic mass is 9.82. The van der Waals surface area contributed by atoms with Gasteiger partial charge < -0.3 is 14.2 Å². The van der Waals surface area contributed by atoms with Crippen molar-refractivity contribution < 1.29 is 32.2 Å². The second-order valence-corrected chi connectivity index (χ2v) is 8.01. The molecule has 4 rings (SSSR count).